The number of pyridine rings is 6. The molecule has 0 saturated heterocycles. The fourth-order valence-electron chi connectivity index (χ4n) is 9.83. The number of carbonyl (C=O) groups excluding carboxylic acids is 3. The minimum atomic E-state index is -0.898. The highest BCUT2D eigenvalue weighted by atomic mass is 35.5. The molecule has 486 valence electrons. The average molecular weight is 1380 g/mol. The molecular formula is C67H51Cl4F4N15O6. The number of amides is 3. The average Bonchev–Trinajstić information content (AvgIpc) is 0.770. The lowest BCUT2D eigenvalue weighted by Crippen LogP contribution is -2.28. The normalized spacial score (nSPS) is 11.1. The van der Waals surface area contributed by atoms with Crippen LogP contribution in [0.15, 0.2) is 124 Å². The molecule has 0 atom stereocenters. The molecule has 0 bridgehead atoms. The molecule has 0 saturated carbocycles. The first-order valence-corrected chi connectivity index (χ1v) is 30.2. The molecule has 0 fully saturated rings. The highest BCUT2D eigenvalue weighted by molar-refractivity contribution is 6.31. The van der Waals surface area contributed by atoms with E-state index >= 15 is 0 Å². The number of aromatic nitrogens is 12. The van der Waals surface area contributed by atoms with Gasteiger partial charge in [-0.1, -0.05) is 46.4 Å². The fourth-order valence-corrected chi connectivity index (χ4v) is 10.6. The molecule has 12 rings (SSSR count). The molecule has 96 heavy (non-hydrogen) atoms. The first kappa shape index (κ1) is 68.1. The van der Waals surface area contributed by atoms with Gasteiger partial charge in [-0.2, -0.15) is 19.7 Å². The summed E-state index contributed by atoms with van der Waals surface area (Å²) in [6.45, 7) is 17.5. The van der Waals surface area contributed by atoms with Crippen LogP contribution in [0, 0.1) is 92.6 Å². The van der Waals surface area contributed by atoms with Gasteiger partial charge in [0.05, 0.1) is 16.6 Å². The second-order valence-electron chi connectivity index (χ2n) is 22.0. The maximum Gasteiger partial charge on any atom is 0.280 e. The Morgan fingerprint density at radius 3 is 0.958 bits per heavy atom. The third-order valence-electron chi connectivity index (χ3n) is 14.7. The first-order chi connectivity index (χ1) is 45.4. The lowest BCUT2D eigenvalue weighted by Gasteiger charge is -2.14. The summed E-state index contributed by atoms with van der Waals surface area (Å²) in [4.78, 5) is 103. The summed E-state index contributed by atoms with van der Waals surface area (Å²) in [5, 5.41) is 21.0. The van der Waals surface area contributed by atoms with Crippen LogP contribution in [-0.2, 0) is 0 Å². The Labute approximate surface area is 561 Å². The zero-order valence-electron chi connectivity index (χ0n) is 52.2. The number of hydrogen-bond donors (Lipinski definition) is 3. The Morgan fingerprint density at radius 2 is 0.656 bits per heavy atom. The van der Waals surface area contributed by atoms with E-state index in [2.05, 4.69) is 61.2 Å². The molecule has 9 heterocycles. The molecule has 0 unspecified atom stereocenters. The van der Waals surface area contributed by atoms with Crippen LogP contribution in [0.3, 0.4) is 0 Å². The zero-order valence-corrected chi connectivity index (χ0v) is 55.3. The number of rotatable bonds is 9. The number of carbonyl (C=O) groups is 3. The minimum absolute atomic E-state index is 0.00783. The first-order valence-electron chi connectivity index (χ1n) is 28.7. The Bertz CT molecular complexity index is 4870. The summed E-state index contributed by atoms with van der Waals surface area (Å²) < 4.78 is 61.4. The van der Waals surface area contributed by atoms with E-state index in [9.17, 15) is 46.3 Å². The number of halogens is 8. The van der Waals surface area contributed by atoms with Crippen molar-refractivity contribution in [2.45, 2.75) is 69.2 Å². The van der Waals surface area contributed by atoms with Gasteiger partial charge >= 0.3 is 0 Å². The van der Waals surface area contributed by atoms with E-state index < -0.39 is 74.5 Å². The molecule has 0 aliphatic carbocycles. The molecule has 3 N–H and O–H groups in total. The van der Waals surface area contributed by atoms with Crippen molar-refractivity contribution in [3.8, 4) is 17.1 Å². The number of hydrogen-bond acceptors (Lipinski definition) is 15. The third-order valence-corrected chi connectivity index (χ3v) is 15.6. The van der Waals surface area contributed by atoms with E-state index in [-0.39, 0.29) is 76.1 Å². The van der Waals surface area contributed by atoms with E-state index in [4.69, 9.17) is 46.4 Å². The highest BCUT2D eigenvalue weighted by Gasteiger charge is 2.26. The molecule has 0 aliphatic heterocycles. The van der Waals surface area contributed by atoms with Crippen molar-refractivity contribution in [3.63, 3.8) is 0 Å². The van der Waals surface area contributed by atoms with Gasteiger partial charge in [-0.25, -0.2) is 52.1 Å². The predicted molar refractivity (Wildman–Crippen MR) is 359 cm³/mol. The van der Waals surface area contributed by atoms with Crippen molar-refractivity contribution < 1.29 is 31.9 Å². The van der Waals surface area contributed by atoms with Crippen molar-refractivity contribution in [2.24, 2.45) is 0 Å². The lowest BCUT2D eigenvalue weighted by molar-refractivity contribution is 0.101. The lowest BCUT2D eigenvalue weighted by atomic mass is 10.1. The number of anilines is 3. The SMILES string of the molecule is Cc1cc(NC(=O)c2nn(-c3ccc(Cl)cc3F)c3cc(C)c(C)nc3c2=O)cc(C)n1.Cc1cc(NC(=O)c2nn(-c3ccc(Cl)cc3F)c3cc(C)c(C)nc3c2=O)cc(Cl)n1.Cc1cc(NC(=O)c2nn(-c3ccc(Cl)cc3F)c3cc(C)c(C)nc3c2=O)cc(F)n1. The Hall–Kier alpha value is -10.7. The summed E-state index contributed by atoms with van der Waals surface area (Å²) >= 11 is 23.6. The Balaban J connectivity index is 0.000000157. The quantitative estimate of drug-likeness (QED) is 0.0895. The van der Waals surface area contributed by atoms with Crippen LogP contribution < -0.4 is 32.2 Å². The minimum Gasteiger partial charge on any atom is -0.320 e. The van der Waals surface area contributed by atoms with E-state index in [1.165, 1.54) is 57.9 Å². The van der Waals surface area contributed by atoms with Crippen molar-refractivity contribution >= 4 is 114 Å². The second-order valence-corrected chi connectivity index (χ2v) is 23.7. The van der Waals surface area contributed by atoms with Gasteiger partial charge in [0.1, 0.15) is 56.2 Å². The van der Waals surface area contributed by atoms with Crippen molar-refractivity contribution in [3.05, 3.63) is 257 Å². The highest BCUT2D eigenvalue weighted by Crippen LogP contribution is 2.27. The van der Waals surface area contributed by atoms with Gasteiger partial charge in [0, 0.05) is 78.1 Å². The molecule has 3 amide bonds. The van der Waals surface area contributed by atoms with E-state index in [1.54, 1.807) is 91.8 Å². The van der Waals surface area contributed by atoms with Crippen LogP contribution in [0.4, 0.5) is 34.6 Å². The van der Waals surface area contributed by atoms with Crippen LogP contribution >= 0.6 is 46.4 Å². The Morgan fingerprint density at radius 1 is 0.365 bits per heavy atom. The van der Waals surface area contributed by atoms with E-state index in [0.717, 1.165) is 45.6 Å². The monoisotopic (exact) mass is 1380 g/mol. The van der Waals surface area contributed by atoms with Gasteiger partial charge in [0.2, 0.25) is 22.2 Å². The second kappa shape index (κ2) is 27.7. The molecule has 21 nitrogen and oxygen atoms in total. The van der Waals surface area contributed by atoms with Crippen LogP contribution in [-0.4, -0.2) is 77.0 Å². The van der Waals surface area contributed by atoms with Crippen LogP contribution in [0.2, 0.25) is 20.2 Å². The molecule has 3 aromatic carbocycles. The molecule has 0 spiro atoms. The van der Waals surface area contributed by atoms with E-state index in [1.807, 2.05) is 13.8 Å². The summed E-state index contributed by atoms with van der Waals surface area (Å²) in [5.74, 6) is -5.24. The van der Waals surface area contributed by atoms with Gasteiger partial charge < -0.3 is 16.0 Å². The van der Waals surface area contributed by atoms with Crippen LogP contribution in [0.1, 0.15) is 88.0 Å². The predicted octanol–water partition coefficient (Wildman–Crippen LogP) is 13.5. The summed E-state index contributed by atoms with van der Waals surface area (Å²) in [5.41, 5.74) is 4.66. The van der Waals surface area contributed by atoms with Crippen molar-refractivity contribution in [1.29, 1.82) is 0 Å². The molecule has 0 radical (unpaired) electrons. The number of fused-ring (bicyclic) bond motifs is 3. The van der Waals surface area contributed by atoms with Crippen molar-refractivity contribution in [2.75, 3.05) is 16.0 Å². The topological polar surface area (TPSA) is 269 Å². The largest absolute Gasteiger partial charge is 0.320 e. The summed E-state index contributed by atoms with van der Waals surface area (Å²) in [7, 11) is 0. The maximum absolute atomic E-state index is 14.8. The van der Waals surface area contributed by atoms with Crippen molar-refractivity contribution in [1.82, 2.24) is 59.2 Å². The standard InChI is InChI=1S/C23H19ClFN5O2.C22H16Cl2FN5O2.C22H16ClF2N5O2/c1-11-7-19-20(27-14(11)4)22(31)21(23(32)28-16-8-12(2)26-13(3)9-16)29-30(19)18-6-5-15(24)10-17(18)25;1-10-6-17-19(27-12(10)3)21(31)20(22(32)28-14-7-11(2)26-18(24)9-14)29-30(17)16-5-4-13(23)8-15(16)25;1-10-6-17-19(27-12(10)3)21(31)20(22(32)28-14-7-11(2)26-18(25)9-14)29-30(17)16-5-4-13(23)8-15(16)24/h5-10H,1-4H3,(H,26,28,32);2*4-9H,1-3H3,(H,26,28,32). The van der Waals surface area contributed by atoms with Gasteiger partial charge in [0.15, 0.2) is 17.1 Å². The zero-order chi connectivity index (χ0) is 69.5. The summed E-state index contributed by atoms with van der Waals surface area (Å²) in [6.07, 6.45) is 0. The third kappa shape index (κ3) is 14.6. The smallest absolute Gasteiger partial charge is 0.280 e. The van der Waals surface area contributed by atoms with Crippen LogP contribution in [0.5, 0.6) is 0 Å². The molecule has 12 aromatic rings. The number of aryl methyl sites for hydroxylation is 10. The maximum atomic E-state index is 14.8. The fraction of sp³-hybridized carbons (Fsp3) is 0.149. The summed E-state index contributed by atoms with van der Waals surface area (Å²) in [6, 6.07) is 25.9. The van der Waals surface area contributed by atoms with Gasteiger partial charge in [-0.3, -0.25) is 33.8 Å². The van der Waals surface area contributed by atoms with Gasteiger partial charge in [-0.15, -0.1) is 0 Å². The van der Waals surface area contributed by atoms with Gasteiger partial charge in [-0.05, 0) is 189 Å². The Kier molecular flexibility index (Phi) is 19.7. The molecule has 9 aromatic heterocycles. The molecular weight excluding hydrogens is 1330 g/mol. The van der Waals surface area contributed by atoms with E-state index in [0.29, 0.717) is 51.2 Å². The molecule has 0 aliphatic rings. The molecule has 29 heteroatoms. The number of nitrogens with zero attached hydrogens (tertiary/aromatic N) is 12. The van der Waals surface area contributed by atoms with Crippen LogP contribution in [0.25, 0.3) is 50.2 Å². The number of nitrogens with one attached hydrogen (secondary N) is 3. The number of benzene rings is 3. The van der Waals surface area contributed by atoms with Gasteiger partial charge in [0.25, 0.3) is 17.7 Å².